The summed E-state index contributed by atoms with van der Waals surface area (Å²) < 4.78 is 13.5. The van der Waals surface area contributed by atoms with Crippen molar-refractivity contribution in [1.82, 2.24) is 5.32 Å². The van der Waals surface area contributed by atoms with Crippen molar-refractivity contribution in [2.24, 2.45) is 0 Å². The summed E-state index contributed by atoms with van der Waals surface area (Å²) in [7, 11) is 0. The molecule has 1 aromatic rings. The Hall–Kier alpha value is -0.970. The molecule has 1 aliphatic carbocycles. The average Bonchev–Trinajstić information content (AvgIpc) is 2.28. The number of rotatable bonds is 5. The third-order valence-corrected chi connectivity index (χ3v) is 3.34. The Morgan fingerprint density at radius 2 is 2.06 bits per heavy atom. The van der Waals surface area contributed by atoms with Crippen molar-refractivity contribution < 1.29 is 14.6 Å². The van der Waals surface area contributed by atoms with Crippen LogP contribution in [0.15, 0.2) is 24.3 Å². The molecule has 0 amide bonds. The number of hydrogen-bond acceptors (Lipinski definition) is 3. The number of halogens is 1. The van der Waals surface area contributed by atoms with Crippen LogP contribution in [0.25, 0.3) is 0 Å². The molecule has 0 aromatic heterocycles. The van der Waals surface area contributed by atoms with Gasteiger partial charge in [-0.2, -0.15) is 0 Å². The Labute approximate surface area is 100 Å². The Morgan fingerprint density at radius 1 is 1.35 bits per heavy atom. The van der Waals surface area contributed by atoms with Crippen LogP contribution in [-0.2, 0) is 0 Å². The first kappa shape index (κ1) is 12.5. The van der Waals surface area contributed by atoms with Gasteiger partial charge in [0.25, 0.3) is 0 Å². The van der Waals surface area contributed by atoms with Crippen LogP contribution in [0.4, 0.5) is 4.39 Å². The molecule has 1 saturated carbocycles. The molecule has 0 heterocycles. The van der Waals surface area contributed by atoms with Crippen molar-refractivity contribution in [2.45, 2.75) is 30.9 Å². The van der Waals surface area contributed by atoms with Crippen LogP contribution < -0.4 is 5.32 Å². The fraction of sp³-hybridized carbons (Fsp3) is 0.538. The zero-order valence-electron chi connectivity index (χ0n) is 9.64. The highest BCUT2D eigenvalue weighted by atomic mass is 19.1. The van der Waals surface area contributed by atoms with E-state index in [2.05, 4.69) is 5.32 Å². The van der Waals surface area contributed by atoms with Gasteiger partial charge in [-0.3, -0.25) is 0 Å². The van der Waals surface area contributed by atoms with Crippen molar-refractivity contribution in [2.75, 3.05) is 13.2 Å². The minimum Gasteiger partial charge on any atom is -0.394 e. The van der Waals surface area contributed by atoms with Gasteiger partial charge in [-0.25, -0.2) is 4.39 Å². The standard InChI is InChI=1S/C13H18FNO2/c14-13-4-2-1-3-12(13)9-5-10(6-9)15-7-11(17)8-16/h1-4,9-11,15-17H,5-8H2. The van der Waals surface area contributed by atoms with E-state index in [1.165, 1.54) is 6.07 Å². The first-order valence-electron chi connectivity index (χ1n) is 5.97. The summed E-state index contributed by atoms with van der Waals surface area (Å²) in [6.07, 6.45) is 1.07. The predicted molar refractivity (Wildman–Crippen MR) is 63.3 cm³/mol. The molecule has 1 unspecified atom stereocenters. The van der Waals surface area contributed by atoms with Crippen LogP contribution in [0.1, 0.15) is 24.3 Å². The van der Waals surface area contributed by atoms with Gasteiger partial charge in [0.1, 0.15) is 5.82 Å². The summed E-state index contributed by atoms with van der Waals surface area (Å²) in [5.41, 5.74) is 0.785. The maximum atomic E-state index is 13.5. The monoisotopic (exact) mass is 239 g/mol. The van der Waals surface area contributed by atoms with Crippen molar-refractivity contribution in [1.29, 1.82) is 0 Å². The van der Waals surface area contributed by atoms with Crippen LogP contribution in [0, 0.1) is 5.82 Å². The lowest BCUT2D eigenvalue weighted by molar-refractivity contribution is 0.0871. The molecule has 0 aliphatic heterocycles. The highest BCUT2D eigenvalue weighted by Gasteiger charge is 2.31. The molecule has 3 nitrogen and oxygen atoms in total. The van der Waals surface area contributed by atoms with Crippen LogP contribution in [0.2, 0.25) is 0 Å². The Bertz CT molecular complexity index is 366. The maximum Gasteiger partial charge on any atom is 0.126 e. The normalized spacial score (nSPS) is 25.4. The topological polar surface area (TPSA) is 52.5 Å². The van der Waals surface area contributed by atoms with Gasteiger partial charge in [0.2, 0.25) is 0 Å². The lowest BCUT2D eigenvalue weighted by atomic mass is 9.75. The van der Waals surface area contributed by atoms with Crippen molar-refractivity contribution >= 4 is 0 Å². The van der Waals surface area contributed by atoms with E-state index in [0.717, 1.165) is 18.4 Å². The molecule has 1 fully saturated rings. The largest absolute Gasteiger partial charge is 0.394 e. The first-order chi connectivity index (χ1) is 8.20. The summed E-state index contributed by atoms with van der Waals surface area (Å²) in [6.45, 7) is 0.168. The Morgan fingerprint density at radius 3 is 2.71 bits per heavy atom. The highest BCUT2D eigenvalue weighted by Crippen LogP contribution is 2.37. The fourth-order valence-corrected chi connectivity index (χ4v) is 2.21. The zero-order valence-corrected chi connectivity index (χ0v) is 9.64. The first-order valence-corrected chi connectivity index (χ1v) is 5.97. The third kappa shape index (κ3) is 3.03. The van der Waals surface area contributed by atoms with Gasteiger partial charge in [-0.15, -0.1) is 0 Å². The zero-order chi connectivity index (χ0) is 12.3. The Kier molecular flexibility index (Phi) is 4.10. The van der Waals surface area contributed by atoms with E-state index in [-0.39, 0.29) is 18.3 Å². The minimum atomic E-state index is -0.706. The molecule has 1 aromatic carbocycles. The van der Waals surface area contributed by atoms with E-state index < -0.39 is 6.10 Å². The molecule has 17 heavy (non-hydrogen) atoms. The van der Waals surface area contributed by atoms with Crippen LogP contribution >= 0.6 is 0 Å². The molecule has 0 saturated heterocycles. The summed E-state index contributed by atoms with van der Waals surface area (Å²) in [5, 5.41) is 21.0. The van der Waals surface area contributed by atoms with Crippen molar-refractivity contribution in [3.63, 3.8) is 0 Å². The molecular weight excluding hydrogens is 221 g/mol. The number of nitrogens with one attached hydrogen (secondary N) is 1. The van der Waals surface area contributed by atoms with Crippen LogP contribution in [0.5, 0.6) is 0 Å². The molecule has 0 radical (unpaired) electrons. The lowest BCUT2D eigenvalue weighted by Gasteiger charge is -2.37. The second-order valence-corrected chi connectivity index (χ2v) is 4.63. The molecule has 0 spiro atoms. The van der Waals surface area contributed by atoms with E-state index >= 15 is 0 Å². The van der Waals surface area contributed by atoms with Gasteiger partial charge >= 0.3 is 0 Å². The second kappa shape index (κ2) is 5.58. The van der Waals surface area contributed by atoms with Crippen molar-refractivity contribution in [3.05, 3.63) is 35.6 Å². The second-order valence-electron chi connectivity index (χ2n) is 4.63. The molecule has 1 aliphatic rings. The fourth-order valence-electron chi connectivity index (χ4n) is 2.21. The molecule has 4 heteroatoms. The van der Waals surface area contributed by atoms with E-state index in [1.807, 2.05) is 12.1 Å². The highest BCUT2D eigenvalue weighted by molar-refractivity contribution is 5.24. The molecular formula is C13H18FNO2. The number of benzene rings is 1. The SMILES string of the molecule is OCC(O)CNC1CC(c2ccccc2F)C1. The summed E-state index contributed by atoms with van der Waals surface area (Å²) in [4.78, 5) is 0. The Balaban J connectivity index is 1.77. The number of aliphatic hydroxyl groups excluding tert-OH is 2. The van der Waals surface area contributed by atoms with Crippen molar-refractivity contribution in [3.8, 4) is 0 Å². The molecule has 2 rings (SSSR count). The van der Waals surface area contributed by atoms with Crippen LogP contribution in [-0.4, -0.2) is 35.5 Å². The average molecular weight is 239 g/mol. The lowest BCUT2D eigenvalue weighted by Crippen LogP contribution is -2.44. The molecule has 1 atom stereocenters. The summed E-state index contributed by atoms with van der Waals surface area (Å²) >= 11 is 0. The van der Waals surface area contributed by atoms with Gasteiger partial charge in [0.15, 0.2) is 0 Å². The van der Waals surface area contributed by atoms with Crippen LogP contribution in [0.3, 0.4) is 0 Å². The number of aliphatic hydroxyl groups is 2. The molecule has 94 valence electrons. The number of hydrogen-bond donors (Lipinski definition) is 3. The quantitative estimate of drug-likeness (QED) is 0.719. The van der Waals surface area contributed by atoms with E-state index in [1.54, 1.807) is 6.07 Å². The smallest absolute Gasteiger partial charge is 0.126 e. The van der Waals surface area contributed by atoms with Gasteiger partial charge < -0.3 is 15.5 Å². The minimum absolute atomic E-state index is 0.133. The maximum absolute atomic E-state index is 13.5. The summed E-state index contributed by atoms with van der Waals surface area (Å²) in [6, 6.07) is 7.20. The van der Waals surface area contributed by atoms with E-state index in [4.69, 9.17) is 5.11 Å². The van der Waals surface area contributed by atoms with Gasteiger partial charge in [0, 0.05) is 12.6 Å². The molecule has 0 bridgehead atoms. The van der Waals surface area contributed by atoms with E-state index in [0.29, 0.717) is 12.6 Å². The van der Waals surface area contributed by atoms with Gasteiger partial charge in [-0.05, 0) is 30.4 Å². The molecule has 3 N–H and O–H groups in total. The van der Waals surface area contributed by atoms with Gasteiger partial charge in [0.05, 0.1) is 12.7 Å². The third-order valence-electron chi connectivity index (χ3n) is 3.34. The predicted octanol–water partition coefficient (Wildman–Crippen LogP) is 1.01. The van der Waals surface area contributed by atoms with Gasteiger partial charge in [-0.1, -0.05) is 18.2 Å². The van der Waals surface area contributed by atoms with E-state index in [9.17, 15) is 9.50 Å². The summed E-state index contributed by atoms with van der Waals surface area (Å²) in [5.74, 6) is 0.145.